The number of amides is 5. The molecule has 2 N–H and O–H groups in total. The number of nitrogens with zero attached hydrogens (tertiary/aromatic N) is 4. The second-order valence-corrected chi connectivity index (χ2v) is 13.1. The molecule has 6 rings (SSSR count). The number of benzene rings is 1. The summed E-state index contributed by atoms with van der Waals surface area (Å²) in [6.45, 7) is 5.14. The summed E-state index contributed by atoms with van der Waals surface area (Å²) in [7, 11) is 0. The van der Waals surface area contributed by atoms with E-state index in [1.54, 1.807) is 17.0 Å². The molecule has 0 aliphatic carbocycles. The first-order valence-electron chi connectivity index (χ1n) is 15.8. The molecule has 230 valence electrons. The molecule has 1 atom stereocenters. The predicted molar refractivity (Wildman–Crippen MR) is 166 cm³/mol. The largest absolute Gasteiger partial charge is 0.342 e. The first-order chi connectivity index (χ1) is 21.0. The second-order valence-electron chi connectivity index (χ2n) is 12.2. The minimum atomic E-state index is -0.907. The first kappa shape index (κ1) is 29.6. The first-order valence-corrected chi connectivity index (χ1v) is 16.6. The normalized spacial score (nSPS) is 21.2. The van der Waals surface area contributed by atoms with Crippen LogP contribution in [0.4, 0.5) is 10.5 Å². The highest BCUT2D eigenvalue weighted by molar-refractivity contribution is 7.12. The van der Waals surface area contributed by atoms with Gasteiger partial charge in [0.1, 0.15) is 6.04 Å². The average Bonchev–Trinajstić information content (AvgIpc) is 3.60. The Morgan fingerprint density at radius 3 is 2.28 bits per heavy atom. The van der Waals surface area contributed by atoms with Gasteiger partial charge in [-0.25, -0.2) is 4.79 Å². The molecule has 1 aromatic heterocycles. The molecule has 5 amide bonds. The highest BCUT2D eigenvalue weighted by Gasteiger charge is 2.36. The maximum atomic E-state index is 13.8. The molecule has 3 fully saturated rings. The maximum absolute atomic E-state index is 13.8. The van der Waals surface area contributed by atoms with Crippen LogP contribution in [0.3, 0.4) is 0 Å². The molecule has 10 nitrogen and oxygen atoms in total. The third-order valence-electron chi connectivity index (χ3n) is 9.53. The molecule has 0 radical (unpaired) electrons. The smallest absolute Gasteiger partial charge is 0.322 e. The molecule has 1 aromatic carbocycles. The van der Waals surface area contributed by atoms with Gasteiger partial charge in [-0.3, -0.25) is 14.4 Å². The van der Waals surface area contributed by atoms with Gasteiger partial charge in [0, 0.05) is 50.5 Å². The number of rotatable bonds is 7. The van der Waals surface area contributed by atoms with E-state index >= 15 is 0 Å². The van der Waals surface area contributed by atoms with Gasteiger partial charge < -0.3 is 30.2 Å². The molecule has 11 heteroatoms. The summed E-state index contributed by atoms with van der Waals surface area (Å²) in [5.41, 5.74) is 1.94. The van der Waals surface area contributed by atoms with Crippen LogP contribution in [0, 0.1) is 0 Å². The molecule has 0 spiro atoms. The standard InChI is InChI=1S/C32H42N6O4S/c39-29(36-16-12-25(13-17-36)38-22-23-7-2-3-8-26(23)34-32(38)42)21-27(33-30(40)28-9-6-20-43-28)31(41)37-18-10-24(11-19-37)35-14-4-1-5-15-35/h2-3,6-9,20,24-25,27H,1,4-5,10-19,21-22H2,(H,33,40)(H,34,42)/t27-/m0/s1. The Kier molecular flexibility index (Phi) is 9.28. The highest BCUT2D eigenvalue weighted by Crippen LogP contribution is 2.28. The number of piperidine rings is 3. The number of likely N-dealkylation sites (tertiary alicyclic amines) is 3. The number of thiophene rings is 1. The van der Waals surface area contributed by atoms with Crippen LogP contribution >= 0.6 is 11.3 Å². The average molecular weight is 607 g/mol. The van der Waals surface area contributed by atoms with Gasteiger partial charge in [0.2, 0.25) is 11.8 Å². The lowest BCUT2D eigenvalue weighted by Crippen LogP contribution is -2.55. The van der Waals surface area contributed by atoms with Crippen LogP contribution in [0.25, 0.3) is 0 Å². The van der Waals surface area contributed by atoms with E-state index < -0.39 is 6.04 Å². The van der Waals surface area contributed by atoms with Gasteiger partial charge in [0.05, 0.1) is 11.3 Å². The van der Waals surface area contributed by atoms with Crippen molar-refractivity contribution in [2.24, 2.45) is 0 Å². The van der Waals surface area contributed by atoms with Crippen LogP contribution in [-0.2, 0) is 16.1 Å². The number of carbonyl (C=O) groups is 4. The van der Waals surface area contributed by atoms with E-state index in [-0.39, 0.29) is 36.2 Å². The molecule has 5 heterocycles. The van der Waals surface area contributed by atoms with Crippen molar-refractivity contribution < 1.29 is 19.2 Å². The fraction of sp³-hybridized carbons (Fsp3) is 0.562. The Morgan fingerprint density at radius 2 is 1.56 bits per heavy atom. The summed E-state index contributed by atoms with van der Waals surface area (Å²) in [4.78, 5) is 61.7. The lowest BCUT2D eigenvalue weighted by atomic mass is 9.98. The SMILES string of the molecule is O=C(N[C@@H](CC(=O)N1CCC(N2Cc3ccccc3NC2=O)CC1)C(=O)N1CCC(N2CCCCC2)CC1)c1cccs1. The number of hydrogen-bond donors (Lipinski definition) is 2. The Labute approximate surface area is 257 Å². The van der Waals surface area contributed by atoms with Crippen LogP contribution in [0.15, 0.2) is 41.8 Å². The van der Waals surface area contributed by atoms with E-state index in [0.29, 0.717) is 56.5 Å². The topological polar surface area (TPSA) is 105 Å². The molecule has 0 saturated carbocycles. The van der Waals surface area contributed by atoms with E-state index in [0.717, 1.165) is 37.2 Å². The molecular weight excluding hydrogens is 564 g/mol. The number of anilines is 1. The summed E-state index contributed by atoms with van der Waals surface area (Å²) < 4.78 is 0. The summed E-state index contributed by atoms with van der Waals surface area (Å²) in [6.07, 6.45) is 6.91. The highest BCUT2D eigenvalue weighted by atomic mass is 32.1. The fourth-order valence-electron chi connectivity index (χ4n) is 7.04. The van der Waals surface area contributed by atoms with Crippen LogP contribution in [-0.4, -0.2) is 101 Å². The van der Waals surface area contributed by atoms with Gasteiger partial charge >= 0.3 is 6.03 Å². The van der Waals surface area contributed by atoms with Crippen molar-refractivity contribution in [1.82, 2.24) is 24.9 Å². The molecule has 4 aliphatic rings. The van der Waals surface area contributed by atoms with Crippen LogP contribution in [0.1, 0.15) is 66.6 Å². The minimum absolute atomic E-state index is 0.0366. The summed E-state index contributed by atoms with van der Waals surface area (Å²) in [5.74, 6) is -0.631. The van der Waals surface area contributed by atoms with Crippen molar-refractivity contribution in [2.75, 3.05) is 44.6 Å². The molecular formula is C32H42N6O4S. The van der Waals surface area contributed by atoms with Crippen molar-refractivity contribution in [3.63, 3.8) is 0 Å². The quantitative estimate of drug-likeness (QED) is 0.500. The van der Waals surface area contributed by atoms with Gasteiger partial charge in [-0.05, 0) is 74.7 Å². The van der Waals surface area contributed by atoms with Crippen LogP contribution in [0.5, 0.6) is 0 Å². The summed E-state index contributed by atoms with van der Waals surface area (Å²) in [5, 5.41) is 7.71. The monoisotopic (exact) mass is 606 g/mol. The van der Waals surface area contributed by atoms with E-state index in [1.807, 2.05) is 39.4 Å². The van der Waals surface area contributed by atoms with Gasteiger partial charge in [-0.2, -0.15) is 0 Å². The molecule has 0 unspecified atom stereocenters. The van der Waals surface area contributed by atoms with Crippen LogP contribution in [0.2, 0.25) is 0 Å². The number of para-hydroxylation sites is 1. The Balaban J connectivity index is 1.06. The van der Waals surface area contributed by atoms with E-state index in [2.05, 4.69) is 15.5 Å². The number of hydrogen-bond acceptors (Lipinski definition) is 6. The van der Waals surface area contributed by atoms with Gasteiger partial charge in [0.15, 0.2) is 0 Å². The molecule has 43 heavy (non-hydrogen) atoms. The van der Waals surface area contributed by atoms with E-state index in [9.17, 15) is 19.2 Å². The van der Waals surface area contributed by atoms with Crippen molar-refractivity contribution in [1.29, 1.82) is 0 Å². The molecule has 4 aliphatic heterocycles. The van der Waals surface area contributed by atoms with Crippen molar-refractivity contribution in [3.8, 4) is 0 Å². The van der Waals surface area contributed by atoms with Gasteiger partial charge in [-0.15, -0.1) is 11.3 Å². The Morgan fingerprint density at radius 1 is 0.860 bits per heavy atom. The fourth-order valence-corrected chi connectivity index (χ4v) is 7.67. The number of nitrogens with one attached hydrogen (secondary N) is 2. The maximum Gasteiger partial charge on any atom is 0.322 e. The zero-order chi connectivity index (χ0) is 29.8. The Hall–Kier alpha value is -3.44. The zero-order valence-electron chi connectivity index (χ0n) is 24.7. The second kappa shape index (κ2) is 13.5. The third-order valence-corrected chi connectivity index (χ3v) is 10.4. The summed E-state index contributed by atoms with van der Waals surface area (Å²) >= 11 is 1.32. The van der Waals surface area contributed by atoms with E-state index in [1.165, 1.54) is 30.6 Å². The number of urea groups is 1. The number of fused-ring (bicyclic) bond motifs is 1. The third kappa shape index (κ3) is 6.88. The summed E-state index contributed by atoms with van der Waals surface area (Å²) in [6, 6.07) is 10.9. The van der Waals surface area contributed by atoms with Gasteiger partial charge in [-0.1, -0.05) is 30.7 Å². The lowest BCUT2D eigenvalue weighted by Gasteiger charge is -2.41. The predicted octanol–water partition coefficient (Wildman–Crippen LogP) is 3.75. The van der Waals surface area contributed by atoms with Crippen molar-refractivity contribution in [3.05, 3.63) is 52.2 Å². The van der Waals surface area contributed by atoms with Crippen molar-refractivity contribution in [2.45, 2.75) is 76.0 Å². The van der Waals surface area contributed by atoms with E-state index in [4.69, 9.17) is 0 Å². The Bertz CT molecular complexity index is 1300. The minimum Gasteiger partial charge on any atom is -0.342 e. The molecule has 2 aromatic rings. The zero-order valence-corrected chi connectivity index (χ0v) is 25.5. The molecule has 0 bridgehead atoms. The van der Waals surface area contributed by atoms with Crippen molar-refractivity contribution >= 4 is 40.8 Å². The molecule has 3 saturated heterocycles. The van der Waals surface area contributed by atoms with Crippen LogP contribution < -0.4 is 10.6 Å². The number of carbonyl (C=O) groups excluding carboxylic acids is 4. The lowest BCUT2D eigenvalue weighted by molar-refractivity contribution is -0.140. The van der Waals surface area contributed by atoms with Gasteiger partial charge in [0.25, 0.3) is 5.91 Å².